The van der Waals surface area contributed by atoms with Crippen LogP contribution in [0.25, 0.3) is 0 Å². The lowest BCUT2D eigenvalue weighted by Crippen LogP contribution is -2.15. The fourth-order valence-electron chi connectivity index (χ4n) is 2.87. The first-order chi connectivity index (χ1) is 17.2. The highest BCUT2D eigenvalue weighted by molar-refractivity contribution is 7.86. The third-order valence-corrected chi connectivity index (χ3v) is 6.08. The quantitative estimate of drug-likeness (QED) is 0.134. The van der Waals surface area contributed by atoms with Gasteiger partial charge >= 0.3 is 0 Å². The summed E-state index contributed by atoms with van der Waals surface area (Å²) in [4.78, 5) is 0.131. The maximum absolute atomic E-state index is 11.9. The molecule has 0 spiro atoms. The van der Waals surface area contributed by atoms with E-state index in [1.807, 2.05) is 0 Å². The van der Waals surface area contributed by atoms with Gasteiger partial charge in [0.25, 0.3) is 10.1 Å². The molecule has 0 N–H and O–H groups in total. The van der Waals surface area contributed by atoms with E-state index in [1.165, 1.54) is 37.8 Å². The smallest absolute Gasteiger partial charge is 0.297 e. The van der Waals surface area contributed by atoms with Crippen molar-refractivity contribution in [2.45, 2.75) is 43.9 Å². The van der Waals surface area contributed by atoms with Gasteiger partial charge in [-0.2, -0.15) is 8.42 Å². The van der Waals surface area contributed by atoms with E-state index in [1.54, 1.807) is 18.2 Å². The van der Waals surface area contributed by atoms with E-state index < -0.39 is 10.1 Å². The molecule has 0 bridgehead atoms. The van der Waals surface area contributed by atoms with Crippen molar-refractivity contribution in [1.29, 1.82) is 0 Å². The Morgan fingerprint density at radius 2 is 0.914 bits per heavy atom. The molecule has 0 aliphatic carbocycles. The van der Waals surface area contributed by atoms with Crippen LogP contribution < -0.4 is 0 Å². The van der Waals surface area contributed by atoms with Crippen molar-refractivity contribution in [1.82, 2.24) is 0 Å². The van der Waals surface area contributed by atoms with E-state index in [0.29, 0.717) is 66.1 Å². The van der Waals surface area contributed by atoms with Crippen molar-refractivity contribution in [2.75, 3.05) is 85.9 Å². The van der Waals surface area contributed by atoms with Crippen molar-refractivity contribution in [2.24, 2.45) is 0 Å². The van der Waals surface area contributed by atoms with Crippen molar-refractivity contribution in [3.05, 3.63) is 30.3 Å². The molecule has 0 saturated carbocycles. The summed E-state index contributed by atoms with van der Waals surface area (Å²) in [5, 5.41) is 0. The number of benzene rings is 1. The van der Waals surface area contributed by atoms with Gasteiger partial charge in [-0.1, -0.05) is 50.8 Å². The zero-order valence-electron chi connectivity index (χ0n) is 21.2. The molecular weight excluding hydrogens is 476 g/mol. The Labute approximate surface area is 211 Å². The predicted molar refractivity (Wildman–Crippen MR) is 133 cm³/mol. The van der Waals surface area contributed by atoms with Crippen LogP contribution in [-0.4, -0.2) is 94.3 Å². The predicted octanol–water partition coefficient (Wildman–Crippen LogP) is 3.46. The molecule has 1 aromatic rings. The second-order valence-corrected chi connectivity index (χ2v) is 9.29. The Hall–Kier alpha value is -1.11. The number of hydrogen-bond donors (Lipinski definition) is 0. The maximum atomic E-state index is 11.9. The molecule has 1 rings (SSSR count). The molecule has 35 heavy (non-hydrogen) atoms. The summed E-state index contributed by atoms with van der Waals surface area (Å²) in [6.45, 7) is 8.11. The van der Waals surface area contributed by atoms with Gasteiger partial charge in [-0.25, -0.2) is 0 Å². The number of unbranched alkanes of at least 4 members (excludes halogenated alkanes) is 4. The summed E-state index contributed by atoms with van der Waals surface area (Å²) in [5.74, 6) is 0. The minimum atomic E-state index is -3.74. The third-order valence-electron chi connectivity index (χ3n) is 4.75. The van der Waals surface area contributed by atoms with Gasteiger partial charge in [-0.05, 0) is 18.6 Å². The van der Waals surface area contributed by atoms with E-state index in [4.69, 9.17) is 32.6 Å². The summed E-state index contributed by atoms with van der Waals surface area (Å²) in [6.07, 6.45) is 6.24. The Morgan fingerprint density at radius 1 is 0.514 bits per heavy atom. The van der Waals surface area contributed by atoms with E-state index >= 15 is 0 Å². The van der Waals surface area contributed by atoms with E-state index in [-0.39, 0.29) is 18.1 Å². The van der Waals surface area contributed by atoms with Crippen LogP contribution in [0.5, 0.6) is 0 Å². The lowest BCUT2D eigenvalue weighted by atomic mass is 10.2. The molecule has 0 amide bonds. The number of hydrogen-bond acceptors (Lipinski definition) is 9. The molecule has 0 fully saturated rings. The van der Waals surface area contributed by atoms with Crippen LogP contribution in [0.2, 0.25) is 0 Å². The SMILES string of the molecule is CCCCCCCOCCOCCOCCOCCOCCOCCOS(=O)(=O)c1ccccc1. The molecule has 0 aliphatic heterocycles. The van der Waals surface area contributed by atoms with Crippen molar-refractivity contribution < 1.29 is 41.0 Å². The van der Waals surface area contributed by atoms with Crippen LogP contribution in [0.4, 0.5) is 0 Å². The molecule has 0 saturated heterocycles. The summed E-state index contributed by atoms with van der Waals surface area (Å²) in [6, 6.07) is 8.01. The minimum Gasteiger partial charge on any atom is -0.379 e. The van der Waals surface area contributed by atoms with Crippen LogP contribution in [0.3, 0.4) is 0 Å². The maximum Gasteiger partial charge on any atom is 0.297 e. The summed E-state index contributed by atoms with van der Waals surface area (Å²) in [7, 11) is -3.74. The highest BCUT2D eigenvalue weighted by Gasteiger charge is 2.13. The Kier molecular flexibility index (Phi) is 21.2. The first kappa shape index (κ1) is 31.9. The lowest BCUT2D eigenvalue weighted by molar-refractivity contribution is -0.0178. The van der Waals surface area contributed by atoms with Gasteiger partial charge in [-0.15, -0.1) is 0 Å². The van der Waals surface area contributed by atoms with Gasteiger partial charge in [0.15, 0.2) is 0 Å². The summed E-state index contributed by atoms with van der Waals surface area (Å²) in [5.41, 5.74) is 0. The van der Waals surface area contributed by atoms with Crippen molar-refractivity contribution in [3.63, 3.8) is 0 Å². The first-order valence-electron chi connectivity index (χ1n) is 12.6. The second-order valence-electron chi connectivity index (χ2n) is 7.68. The zero-order valence-corrected chi connectivity index (χ0v) is 22.0. The van der Waals surface area contributed by atoms with Gasteiger partial charge < -0.3 is 28.4 Å². The van der Waals surface area contributed by atoms with Gasteiger partial charge in [-0.3, -0.25) is 4.18 Å². The van der Waals surface area contributed by atoms with Crippen LogP contribution in [0.1, 0.15) is 39.0 Å². The van der Waals surface area contributed by atoms with Crippen molar-refractivity contribution >= 4 is 10.1 Å². The van der Waals surface area contributed by atoms with E-state index in [9.17, 15) is 8.42 Å². The highest BCUT2D eigenvalue weighted by Crippen LogP contribution is 2.10. The largest absolute Gasteiger partial charge is 0.379 e. The molecule has 1 aromatic carbocycles. The summed E-state index contributed by atoms with van der Waals surface area (Å²) >= 11 is 0. The van der Waals surface area contributed by atoms with E-state index in [2.05, 4.69) is 6.92 Å². The Morgan fingerprint density at radius 3 is 1.37 bits per heavy atom. The zero-order chi connectivity index (χ0) is 25.3. The molecule has 0 unspecified atom stereocenters. The first-order valence-corrected chi connectivity index (χ1v) is 14.0. The van der Waals surface area contributed by atoms with Gasteiger partial charge in [0, 0.05) is 6.61 Å². The molecule has 0 aliphatic rings. The van der Waals surface area contributed by atoms with Crippen LogP contribution in [0.15, 0.2) is 35.2 Å². The van der Waals surface area contributed by atoms with Crippen molar-refractivity contribution in [3.8, 4) is 0 Å². The van der Waals surface area contributed by atoms with Crippen LogP contribution >= 0.6 is 0 Å². The Balaban J connectivity index is 1.73. The van der Waals surface area contributed by atoms with Gasteiger partial charge in [0.1, 0.15) is 0 Å². The minimum absolute atomic E-state index is 0.0433. The second kappa shape index (κ2) is 23.3. The molecule has 10 heteroatoms. The number of rotatable bonds is 26. The lowest BCUT2D eigenvalue weighted by Gasteiger charge is -2.08. The average molecular weight is 521 g/mol. The molecule has 9 nitrogen and oxygen atoms in total. The molecule has 204 valence electrons. The summed E-state index contributed by atoms with van der Waals surface area (Å²) < 4.78 is 61.3. The van der Waals surface area contributed by atoms with E-state index in [0.717, 1.165) is 13.0 Å². The third kappa shape index (κ3) is 19.7. The average Bonchev–Trinajstić information content (AvgIpc) is 2.87. The standard InChI is InChI=1S/C25H44O9S/c1-2-3-4-5-9-12-28-13-14-29-15-16-30-17-18-31-19-20-32-21-22-33-23-24-34-35(26,27)25-10-7-6-8-11-25/h6-8,10-11H,2-5,9,12-24H2,1H3. The molecule has 0 radical (unpaired) electrons. The normalized spacial score (nSPS) is 11.8. The topological polar surface area (TPSA) is 98.8 Å². The fourth-order valence-corrected chi connectivity index (χ4v) is 3.78. The highest BCUT2D eigenvalue weighted by atomic mass is 32.2. The van der Waals surface area contributed by atoms with Gasteiger partial charge in [0.2, 0.25) is 0 Å². The van der Waals surface area contributed by atoms with Gasteiger partial charge in [0.05, 0.1) is 84.2 Å². The Bertz CT molecular complexity index is 671. The molecule has 0 aromatic heterocycles. The number of ether oxygens (including phenoxy) is 6. The molecule has 0 atom stereocenters. The monoisotopic (exact) mass is 520 g/mol. The molecular formula is C25H44O9S. The van der Waals surface area contributed by atoms with Crippen LogP contribution in [0, 0.1) is 0 Å². The fraction of sp³-hybridized carbons (Fsp3) is 0.760. The van der Waals surface area contributed by atoms with Crippen LogP contribution in [-0.2, 0) is 42.7 Å². The molecule has 0 heterocycles.